The van der Waals surface area contributed by atoms with Crippen molar-refractivity contribution in [2.24, 2.45) is 4.99 Å². The van der Waals surface area contributed by atoms with Gasteiger partial charge in [-0.1, -0.05) is 81.9 Å². The molecule has 2 aliphatic rings. The van der Waals surface area contributed by atoms with Crippen LogP contribution in [0.5, 0.6) is 5.75 Å². The molecule has 1 aromatic heterocycles. The summed E-state index contributed by atoms with van der Waals surface area (Å²) in [6, 6.07) is 28.3. The Labute approximate surface area is 272 Å². The van der Waals surface area contributed by atoms with Crippen molar-refractivity contribution >= 4 is 60.7 Å². The average Bonchev–Trinajstić information content (AvgIpc) is 3.34. The summed E-state index contributed by atoms with van der Waals surface area (Å²) < 4.78 is 10.1. The van der Waals surface area contributed by atoms with E-state index in [9.17, 15) is 14.9 Å². The number of benzene rings is 4. The number of thiazole rings is 1. The molecule has 7 rings (SSSR count). The van der Waals surface area contributed by atoms with Crippen LogP contribution in [-0.4, -0.2) is 9.49 Å². The maximum Gasteiger partial charge on any atom is 0.271 e. The Bertz CT molecular complexity index is 2160. The van der Waals surface area contributed by atoms with Crippen LogP contribution in [0, 0.1) is 10.1 Å². The molecule has 0 bridgehead atoms. The first-order valence-corrected chi connectivity index (χ1v) is 16.3. The molecule has 10 heteroatoms. The van der Waals surface area contributed by atoms with Gasteiger partial charge in [-0.15, -0.1) is 0 Å². The number of allylic oxidation sites excluding steroid dienone is 1. The first-order valence-electron chi connectivity index (χ1n) is 13.9. The van der Waals surface area contributed by atoms with Crippen molar-refractivity contribution in [2.75, 3.05) is 0 Å². The Hall–Kier alpha value is -4.12. The Balaban J connectivity index is 1.34. The number of aryl methyl sites for hydroxylation is 1. The molecule has 0 spiro atoms. The molecule has 2 heterocycles. The number of aromatic nitrogens is 1. The lowest BCUT2D eigenvalue weighted by Gasteiger charge is -2.30. The van der Waals surface area contributed by atoms with Gasteiger partial charge in [-0.3, -0.25) is 19.5 Å². The van der Waals surface area contributed by atoms with Gasteiger partial charge >= 0.3 is 0 Å². The number of ether oxygens (including phenoxy) is 1. The molecule has 4 aromatic carbocycles. The van der Waals surface area contributed by atoms with Crippen LogP contribution in [0.1, 0.15) is 40.3 Å². The molecular formula is C34H23Br2N3O4S. The van der Waals surface area contributed by atoms with Crippen LogP contribution < -0.4 is 19.6 Å². The fraction of sp³-hybridized carbons (Fsp3) is 0.118. The second-order valence-electron chi connectivity index (χ2n) is 10.5. The zero-order valence-corrected chi connectivity index (χ0v) is 27.1. The molecule has 0 radical (unpaired) electrons. The topological polar surface area (TPSA) is 86.7 Å². The molecular weight excluding hydrogens is 706 g/mol. The van der Waals surface area contributed by atoms with Crippen LogP contribution in [0.2, 0.25) is 0 Å². The minimum atomic E-state index is -0.429. The van der Waals surface area contributed by atoms with Gasteiger partial charge in [0.05, 0.1) is 25.7 Å². The summed E-state index contributed by atoms with van der Waals surface area (Å²) in [7, 11) is 0. The Morgan fingerprint density at radius 2 is 1.75 bits per heavy atom. The van der Waals surface area contributed by atoms with Crippen LogP contribution >= 0.6 is 43.2 Å². The Kier molecular flexibility index (Phi) is 7.65. The first kappa shape index (κ1) is 28.6. The monoisotopic (exact) mass is 727 g/mol. The lowest BCUT2D eigenvalue weighted by Crippen LogP contribution is -2.38. The molecule has 0 amide bonds. The minimum absolute atomic E-state index is 0.0219. The molecule has 0 fully saturated rings. The largest absolute Gasteiger partial charge is 0.487 e. The predicted molar refractivity (Wildman–Crippen MR) is 178 cm³/mol. The van der Waals surface area contributed by atoms with Crippen molar-refractivity contribution in [3.8, 4) is 5.75 Å². The van der Waals surface area contributed by atoms with Crippen LogP contribution in [0.3, 0.4) is 0 Å². The van der Waals surface area contributed by atoms with Gasteiger partial charge in [0.25, 0.3) is 11.2 Å². The highest BCUT2D eigenvalue weighted by molar-refractivity contribution is 9.11. The van der Waals surface area contributed by atoms with E-state index >= 15 is 0 Å². The lowest BCUT2D eigenvalue weighted by atomic mass is 9.83. The molecule has 44 heavy (non-hydrogen) atoms. The van der Waals surface area contributed by atoms with Crippen molar-refractivity contribution < 1.29 is 9.66 Å². The number of hydrogen-bond donors (Lipinski definition) is 0. The van der Waals surface area contributed by atoms with Gasteiger partial charge in [0.2, 0.25) is 0 Å². The van der Waals surface area contributed by atoms with E-state index < -0.39 is 4.92 Å². The van der Waals surface area contributed by atoms with E-state index in [2.05, 4.69) is 62.2 Å². The number of fused-ring (bicyclic) bond motifs is 3. The van der Waals surface area contributed by atoms with Gasteiger partial charge in [-0.25, -0.2) is 4.99 Å². The zero-order valence-electron chi connectivity index (χ0n) is 23.1. The van der Waals surface area contributed by atoms with Crippen LogP contribution in [0.4, 0.5) is 5.69 Å². The molecule has 1 atom stereocenters. The molecule has 1 aliphatic heterocycles. The third-order valence-electron chi connectivity index (χ3n) is 7.84. The number of nitro benzene ring substituents is 1. The second-order valence-corrected chi connectivity index (χ2v) is 13.3. The third-order valence-corrected chi connectivity index (χ3v) is 9.87. The summed E-state index contributed by atoms with van der Waals surface area (Å²) >= 11 is 8.56. The predicted octanol–water partition coefficient (Wildman–Crippen LogP) is 7.33. The van der Waals surface area contributed by atoms with Gasteiger partial charge < -0.3 is 4.74 Å². The zero-order chi connectivity index (χ0) is 30.4. The maximum absolute atomic E-state index is 14.2. The Morgan fingerprint density at radius 1 is 1.00 bits per heavy atom. The summed E-state index contributed by atoms with van der Waals surface area (Å²) in [5.74, 6) is 0.560. The van der Waals surface area contributed by atoms with Crippen molar-refractivity contribution in [2.45, 2.75) is 25.5 Å². The van der Waals surface area contributed by atoms with E-state index in [1.165, 1.54) is 29.0 Å². The normalized spacial score (nSPS) is 15.7. The molecule has 0 unspecified atom stereocenters. The van der Waals surface area contributed by atoms with Gasteiger partial charge in [-0.05, 0) is 81.4 Å². The maximum atomic E-state index is 14.2. The lowest BCUT2D eigenvalue weighted by molar-refractivity contribution is -0.384. The van der Waals surface area contributed by atoms with E-state index in [4.69, 9.17) is 9.73 Å². The van der Waals surface area contributed by atoms with Crippen LogP contribution in [0.25, 0.3) is 11.8 Å². The number of halogens is 2. The van der Waals surface area contributed by atoms with E-state index in [0.717, 1.165) is 45.3 Å². The minimum Gasteiger partial charge on any atom is -0.487 e. The fourth-order valence-corrected chi connectivity index (χ4v) is 8.17. The SMILES string of the molecule is O=c1/c(=C\c2cc(Br)cc(Br)c2OCc2ccc([N+](=O)[O-])cc2)sc2n1[C@H](c1ccccc1)C1=C(N=2)c2ccccc2CC1. The molecule has 218 valence electrons. The summed E-state index contributed by atoms with van der Waals surface area (Å²) in [5.41, 5.74) is 6.99. The van der Waals surface area contributed by atoms with E-state index in [1.807, 2.05) is 47.0 Å². The van der Waals surface area contributed by atoms with E-state index in [1.54, 1.807) is 12.1 Å². The summed E-state index contributed by atoms with van der Waals surface area (Å²) in [5, 5.41) is 11.0. The van der Waals surface area contributed by atoms with Crippen molar-refractivity contribution in [3.63, 3.8) is 0 Å². The molecule has 0 saturated carbocycles. The Morgan fingerprint density at radius 3 is 2.52 bits per heavy atom. The highest BCUT2D eigenvalue weighted by Gasteiger charge is 2.32. The van der Waals surface area contributed by atoms with Crippen molar-refractivity contribution in [1.82, 2.24) is 4.57 Å². The molecule has 0 N–H and O–H groups in total. The summed E-state index contributed by atoms with van der Waals surface area (Å²) in [4.78, 5) is 30.6. The number of nitrogens with zero attached hydrogens (tertiary/aromatic N) is 3. The van der Waals surface area contributed by atoms with Crippen LogP contribution in [-0.2, 0) is 13.0 Å². The fourth-order valence-electron chi connectivity index (χ4n) is 5.81. The average molecular weight is 729 g/mol. The second kappa shape index (κ2) is 11.8. The number of rotatable bonds is 6. The molecule has 0 saturated heterocycles. The van der Waals surface area contributed by atoms with Crippen molar-refractivity contribution in [1.29, 1.82) is 0 Å². The number of nitro groups is 1. The van der Waals surface area contributed by atoms with E-state index in [0.29, 0.717) is 25.1 Å². The van der Waals surface area contributed by atoms with Gasteiger partial charge in [0, 0.05) is 27.7 Å². The first-order chi connectivity index (χ1) is 21.4. The van der Waals surface area contributed by atoms with Crippen molar-refractivity contribution in [3.05, 3.63) is 163 Å². The van der Waals surface area contributed by atoms with Crippen LogP contribution in [0.15, 0.2) is 115 Å². The molecule has 1 aliphatic carbocycles. The standard InChI is InChI=1S/C34H23Br2N3O4S/c35-24-16-23(32(28(36)18-24)43-19-20-10-13-25(14-11-20)39(41)42)17-29-33(40)38-31(22-7-2-1-3-8-22)27-15-12-21-6-4-5-9-26(21)30(27)37-34(38)44-29/h1-11,13-14,16-18,31H,12,15,19H2/b29-17+/t31-/m1/s1. The van der Waals surface area contributed by atoms with Gasteiger partial charge in [0.1, 0.15) is 12.4 Å². The number of non-ortho nitro benzene ring substituents is 1. The summed E-state index contributed by atoms with van der Waals surface area (Å²) in [6.07, 6.45) is 3.58. The smallest absolute Gasteiger partial charge is 0.271 e. The summed E-state index contributed by atoms with van der Waals surface area (Å²) in [6.45, 7) is 0.195. The van der Waals surface area contributed by atoms with Gasteiger partial charge in [0.15, 0.2) is 4.80 Å². The highest BCUT2D eigenvalue weighted by atomic mass is 79.9. The number of hydrogen-bond acceptors (Lipinski definition) is 6. The quantitative estimate of drug-likeness (QED) is 0.135. The molecule has 7 nitrogen and oxygen atoms in total. The van der Waals surface area contributed by atoms with E-state index in [-0.39, 0.29) is 23.9 Å². The highest BCUT2D eigenvalue weighted by Crippen LogP contribution is 2.41. The third kappa shape index (κ3) is 5.27. The molecule has 5 aromatic rings. The van der Waals surface area contributed by atoms with Gasteiger partial charge in [-0.2, -0.15) is 0 Å².